The Kier molecular flexibility index (Phi) is 6.67. The lowest BCUT2D eigenvalue weighted by Crippen LogP contribution is -2.14. The highest BCUT2D eigenvalue weighted by Gasteiger charge is 2.14. The van der Waals surface area contributed by atoms with E-state index in [0.717, 1.165) is 5.56 Å². The number of anilines is 1. The molecule has 26 heavy (non-hydrogen) atoms. The zero-order chi connectivity index (χ0) is 19.3. The van der Waals surface area contributed by atoms with Crippen LogP contribution in [0.25, 0.3) is 6.08 Å². The first-order valence-corrected chi connectivity index (χ1v) is 8.67. The van der Waals surface area contributed by atoms with Gasteiger partial charge in [0.1, 0.15) is 11.6 Å². The fourth-order valence-corrected chi connectivity index (χ4v) is 3.05. The lowest BCUT2D eigenvalue weighted by Gasteiger charge is -2.11. The Morgan fingerprint density at radius 3 is 2.62 bits per heavy atom. The van der Waals surface area contributed by atoms with Crippen LogP contribution >= 0.6 is 27.5 Å². The third-order valence-electron chi connectivity index (χ3n) is 3.58. The molecule has 2 rings (SSSR count). The highest BCUT2D eigenvalue weighted by molar-refractivity contribution is 9.10. The maximum Gasteiger partial charge on any atom is 0.266 e. The predicted octanol–water partition coefficient (Wildman–Crippen LogP) is 4.97. The largest absolute Gasteiger partial charge is 0.493 e. The van der Waals surface area contributed by atoms with Gasteiger partial charge < -0.3 is 14.8 Å². The van der Waals surface area contributed by atoms with E-state index in [-0.39, 0.29) is 5.57 Å². The number of aryl methyl sites for hydroxylation is 1. The quantitative estimate of drug-likeness (QED) is 0.531. The molecule has 0 atom stereocenters. The van der Waals surface area contributed by atoms with E-state index in [1.807, 2.05) is 13.0 Å². The van der Waals surface area contributed by atoms with E-state index in [1.54, 1.807) is 30.3 Å². The maximum atomic E-state index is 12.5. The highest BCUT2D eigenvalue weighted by atomic mass is 79.9. The summed E-state index contributed by atoms with van der Waals surface area (Å²) in [6.07, 6.45) is 1.47. The van der Waals surface area contributed by atoms with Crippen molar-refractivity contribution in [3.8, 4) is 17.6 Å². The van der Waals surface area contributed by atoms with Gasteiger partial charge in [0.25, 0.3) is 5.91 Å². The molecule has 1 N–H and O–H groups in total. The van der Waals surface area contributed by atoms with Gasteiger partial charge >= 0.3 is 0 Å². The zero-order valence-corrected chi connectivity index (χ0v) is 16.7. The summed E-state index contributed by atoms with van der Waals surface area (Å²) in [7, 11) is 3.04. The second-order valence-corrected chi connectivity index (χ2v) is 6.61. The third kappa shape index (κ3) is 4.57. The minimum absolute atomic E-state index is 0.0523. The van der Waals surface area contributed by atoms with Crippen LogP contribution < -0.4 is 14.8 Å². The number of halogens is 2. The number of hydrogen-bond donors (Lipinski definition) is 1. The van der Waals surface area contributed by atoms with E-state index >= 15 is 0 Å². The second kappa shape index (κ2) is 8.75. The number of hydrogen-bond acceptors (Lipinski definition) is 4. The van der Waals surface area contributed by atoms with Gasteiger partial charge in [-0.05, 0) is 64.3 Å². The summed E-state index contributed by atoms with van der Waals surface area (Å²) >= 11 is 9.35. The van der Waals surface area contributed by atoms with Gasteiger partial charge in [-0.25, -0.2) is 0 Å². The minimum atomic E-state index is -0.524. The van der Waals surface area contributed by atoms with Crippen molar-refractivity contribution in [2.45, 2.75) is 6.92 Å². The second-order valence-electron chi connectivity index (χ2n) is 5.32. The van der Waals surface area contributed by atoms with Crippen LogP contribution in [0.3, 0.4) is 0 Å². The van der Waals surface area contributed by atoms with E-state index in [4.69, 9.17) is 21.1 Å². The van der Waals surface area contributed by atoms with Crippen molar-refractivity contribution < 1.29 is 14.3 Å². The average molecular weight is 436 g/mol. The zero-order valence-electron chi connectivity index (χ0n) is 14.4. The molecule has 0 radical (unpaired) electrons. The molecule has 0 aliphatic rings. The number of nitriles is 1. The number of methoxy groups -OCH3 is 2. The Morgan fingerprint density at radius 1 is 1.27 bits per heavy atom. The van der Waals surface area contributed by atoms with Crippen LogP contribution in [-0.2, 0) is 4.79 Å². The Bertz CT molecular complexity index is 920. The monoisotopic (exact) mass is 434 g/mol. The number of rotatable bonds is 5. The highest BCUT2D eigenvalue weighted by Crippen LogP contribution is 2.36. The Morgan fingerprint density at radius 2 is 2.00 bits per heavy atom. The molecule has 2 aromatic carbocycles. The van der Waals surface area contributed by atoms with E-state index in [2.05, 4.69) is 21.2 Å². The average Bonchev–Trinajstić information content (AvgIpc) is 2.62. The Hall–Kier alpha value is -2.49. The normalized spacial score (nSPS) is 10.8. The van der Waals surface area contributed by atoms with Crippen LogP contribution in [0.15, 0.2) is 40.4 Å². The molecule has 5 nitrogen and oxygen atoms in total. The van der Waals surface area contributed by atoms with Crippen molar-refractivity contribution in [3.05, 3.63) is 56.5 Å². The Balaban J connectivity index is 2.36. The molecule has 134 valence electrons. The van der Waals surface area contributed by atoms with Crippen LogP contribution in [0.4, 0.5) is 5.69 Å². The molecule has 0 saturated heterocycles. The Labute approximate surface area is 165 Å². The van der Waals surface area contributed by atoms with Crippen molar-refractivity contribution in [1.29, 1.82) is 5.26 Å². The predicted molar refractivity (Wildman–Crippen MR) is 106 cm³/mol. The SMILES string of the molecule is COc1cc(/C=C(\C#N)C(=O)Nc2cc(Cl)ccc2C)cc(Br)c1OC. The third-order valence-corrected chi connectivity index (χ3v) is 4.40. The molecule has 2 aromatic rings. The number of nitrogens with zero attached hydrogens (tertiary/aromatic N) is 1. The molecular weight excluding hydrogens is 420 g/mol. The van der Waals surface area contributed by atoms with Crippen molar-refractivity contribution in [3.63, 3.8) is 0 Å². The van der Waals surface area contributed by atoms with E-state index < -0.39 is 5.91 Å². The van der Waals surface area contributed by atoms with Gasteiger partial charge in [-0.1, -0.05) is 17.7 Å². The number of nitrogens with one attached hydrogen (secondary N) is 1. The molecule has 0 bridgehead atoms. The number of carbonyl (C=O) groups excluding carboxylic acids is 1. The van der Waals surface area contributed by atoms with Crippen molar-refractivity contribution in [2.75, 3.05) is 19.5 Å². The summed E-state index contributed by atoms with van der Waals surface area (Å²) in [5.74, 6) is 0.488. The van der Waals surface area contributed by atoms with E-state index in [1.165, 1.54) is 20.3 Å². The summed E-state index contributed by atoms with van der Waals surface area (Å²) in [6.45, 7) is 1.84. The van der Waals surface area contributed by atoms with Gasteiger partial charge in [-0.15, -0.1) is 0 Å². The van der Waals surface area contributed by atoms with E-state index in [0.29, 0.717) is 32.2 Å². The fraction of sp³-hybridized carbons (Fsp3) is 0.158. The summed E-state index contributed by atoms with van der Waals surface area (Å²) in [4.78, 5) is 12.5. The smallest absolute Gasteiger partial charge is 0.266 e. The van der Waals surface area contributed by atoms with Crippen LogP contribution in [0.1, 0.15) is 11.1 Å². The summed E-state index contributed by atoms with van der Waals surface area (Å²) in [5.41, 5.74) is 1.96. The van der Waals surface area contributed by atoms with Gasteiger partial charge in [-0.3, -0.25) is 4.79 Å². The molecule has 0 heterocycles. The minimum Gasteiger partial charge on any atom is -0.493 e. The number of carbonyl (C=O) groups is 1. The van der Waals surface area contributed by atoms with Crippen molar-refractivity contribution in [1.82, 2.24) is 0 Å². The molecule has 0 spiro atoms. The number of amides is 1. The molecule has 0 saturated carbocycles. The van der Waals surface area contributed by atoms with Gasteiger partial charge in [0, 0.05) is 10.7 Å². The fourth-order valence-electron chi connectivity index (χ4n) is 2.26. The molecule has 0 fully saturated rings. The van der Waals surface area contributed by atoms with Crippen LogP contribution in [-0.4, -0.2) is 20.1 Å². The van der Waals surface area contributed by atoms with Gasteiger partial charge in [-0.2, -0.15) is 5.26 Å². The van der Waals surface area contributed by atoms with Crippen molar-refractivity contribution in [2.24, 2.45) is 0 Å². The topological polar surface area (TPSA) is 71.3 Å². The first-order valence-electron chi connectivity index (χ1n) is 7.50. The first kappa shape index (κ1) is 19.8. The standard InChI is InChI=1S/C19H16BrClN2O3/c1-11-4-5-14(21)9-16(11)23-19(24)13(10-22)6-12-7-15(20)18(26-3)17(8-12)25-2/h4-9H,1-3H3,(H,23,24)/b13-6+. The summed E-state index contributed by atoms with van der Waals surface area (Å²) in [6, 6.07) is 10.5. The van der Waals surface area contributed by atoms with Gasteiger partial charge in [0.15, 0.2) is 11.5 Å². The van der Waals surface area contributed by atoms with Crippen LogP contribution in [0.2, 0.25) is 5.02 Å². The molecule has 0 aromatic heterocycles. The molecular formula is C19H16BrClN2O3. The molecule has 0 aliphatic carbocycles. The molecule has 1 amide bonds. The lowest BCUT2D eigenvalue weighted by molar-refractivity contribution is -0.112. The van der Waals surface area contributed by atoms with Crippen LogP contribution in [0.5, 0.6) is 11.5 Å². The molecule has 0 aliphatic heterocycles. The number of ether oxygens (including phenoxy) is 2. The van der Waals surface area contributed by atoms with Gasteiger partial charge in [0.05, 0.1) is 18.7 Å². The van der Waals surface area contributed by atoms with E-state index in [9.17, 15) is 10.1 Å². The summed E-state index contributed by atoms with van der Waals surface area (Å²) < 4.78 is 11.2. The van der Waals surface area contributed by atoms with Crippen molar-refractivity contribution >= 4 is 45.2 Å². The first-order chi connectivity index (χ1) is 12.4. The lowest BCUT2D eigenvalue weighted by atomic mass is 10.1. The van der Waals surface area contributed by atoms with Gasteiger partial charge in [0.2, 0.25) is 0 Å². The van der Waals surface area contributed by atoms with Crippen LogP contribution in [0, 0.1) is 18.3 Å². The summed E-state index contributed by atoms with van der Waals surface area (Å²) in [5, 5.41) is 12.6. The maximum absolute atomic E-state index is 12.5. The molecule has 7 heteroatoms. The molecule has 0 unspecified atom stereocenters. The number of benzene rings is 2.